The normalized spacial score (nSPS) is 13.2. The van der Waals surface area contributed by atoms with Gasteiger partial charge >= 0.3 is 0 Å². The van der Waals surface area contributed by atoms with Crippen molar-refractivity contribution in [3.63, 3.8) is 0 Å². The van der Waals surface area contributed by atoms with Gasteiger partial charge in [0, 0.05) is 19.1 Å². The van der Waals surface area contributed by atoms with Gasteiger partial charge in [0.05, 0.1) is 0 Å². The maximum atomic E-state index is 11.1. The predicted molar refractivity (Wildman–Crippen MR) is 59.4 cm³/mol. The first-order valence-electron chi connectivity index (χ1n) is 5.66. The van der Waals surface area contributed by atoms with Gasteiger partial charge < -0.3 is 4.74 Å². The molecule has 0 spiro atoms. The lowest BCUT2D eigenvalue weighted by molar-refractivity contribution is -0.121. The SMILES string of the molecule is CCC(CCOCCC(C)C)C(C)=O. The molecule has 1 unspecified atom stereocenters. The molecule has 14 heavy (non-hydrogen) atoms. The van der Waals surface area contributed by atoms with Gasteiger partial charge in [0.2, 0.25) is 0 Å². The molecule has 0 saturated carbocycles. The molecule has 0 bridgehead atoms. The van der Waals surface area contributed by atoms with Gasteiger partial charge in [-0.05, 0) is 32.1 Å². The number of hydrogen-bond acceptors (Lipinski definition) is 2. The third kappa shape index (κ3) is 7.07. The van der Waals surface area contributed by atoms with Crippen molar-refractivity contribution in [2.24, 2.45) is 11.8 Å². The maximum absolute atomic E-state index is 11.1. The highest BCUT2D eigenvalue weighted by Gasteiger charge is 2.10. The lowest BCUT2D eigenvalue weighted by Gasteiger charge is -2.11. The highest BCUT2D eigenvalue weighted by Crippen LogP contribution is 2.09. The van der Waals surface area contributed by atoms with Gasteiger partial charge in [0.25, 0.3) is 0 Å². The van der Waals surface area contributed by atoms with Crippen LogP contribution >= 0.6 is 0 Å². The molecule has 0 amide bonds. The van der Waals surface area contributed by atoms with Crippen LogP contribution in [0.1, 0.15) is 47.0 Å². The fourth-order valence-electron chi connectivity index (χ4n) is 1.34. The lowest BCUT2D eigenvalue weighted by atomic mass is 9.99. The average Bonchev–Trinajstić information content (AvgIpc) is 2.10. The molecule has 84 valence electrons. The number of carbonyl (C=O) groups is 1. The Morgan fingerprint density at radius 2 is 1.79 bits per heavy atom. The van der Waals surface area contributed by atoms with Crippen molar-refractivity contribution in [3.05, 3.63) is 0 Å². The Labute approximate surface area is 88.0 Å². The average molecular weight is 200 g/mol. The second-order valence-electron chi connectivity index (χ2n) is 4.30. The molecule has 0 aliphatic rings. The molecule has 0 rings (SSSR count). The van der Waals surface area contributed by atoms with E-state index in [4.69, 9.17) is 4.74 Å². The summed E-state index contributed by atoms with van der Waals surface area (Å²) in [5.74, 6) is 1.19. The fourth-order valence-corrected chi connectivity index (χ4v) is 1.34. The minimum Gasteiger partial charge on any atom is -0.381 e. The second-order valence-corrected chi connectivity index (χ2v) is 4.30. The third-order valence-electron chi connectivity index (χ3n) is 2.52. The summed E-state index contributed by atoms with van der Waals surface area (Å²) < 4.78 is 5.47. The van der Waals surface area contributed by atoms with Crippen LogP contribution in [-0.2, 0) is 9.53 Å². The Hall–Kier alpha value is -0.370. The van der Waals surface area contributed by atoms with Crippen LogP contribution in [0.3, 0.4) is 0 Å². The van der Waals surface area contributed by atoms with Gasteiger partial charge in [0.15, 0.2) is 0 Å². The second kappa shape index (κ2) is 7.98. The molecular formula is C12H24O2. The zero-order valence-corrected chi connectivity index (χ0v) is 10.0. The van der Waals surface area contributed by atoms with Gasteiger partial charge in [-0.25, -0.2) is 0 Å². The first-order valence-corrected chi connectivity index (χ1v) is 5.66. The summed E-state index contributed by atoms with van der Waals surface area (Å²) in [5, 5.41) is 0. The van der Waals surface area contributed by atoms with E-state index in [1.54, 1.807) is 6.92 Å². The van der Waals surface area contributed by atoms with Crippen LogP contribution in [0.2, 0.25) is 0 Å². The highest BCUT2D eigenvalue weighted by atomic mass is 16.5. The molecule has 0 aromatic carbocycles. The van der Waals surface area contributed by atoms with Crippen molar-refractivity contribution < 1.29 is 9.53 Å². The van der Waals surface area contributed by atoms with Gasteiger partial charge in [0.1, 0.15) is 5.78 Å². The summed E-state index contributed by atoms with van der Waals surface area (Å²) in [7, 11) is 0. The van der Waals surface area contributed by atoms with E-state index < -0.39 is 0 Å². The van der Waals surface area contributed by atoms with Crippen LogP contribution < -0.4 is 0 Å². The number of ether oxygens (including phenoxy) is 1. The van der Waals surface area contributed by atoms with Crippen molar-refractivity contribution in [3.8, 4) is 0 Å². The smallest absolute Gasteiger partial charge is 0.132 e. The monoisotopic (exact) mass is 200 g/mol. The number of rotatable bonds is 8. The Morgan fingerprint density at radius 1 is 1.21 bits per heavy atom. The van der Waals surface area contributed by atoms with E-state index in [9.17, 15) is 4.79 Å². The van der Waals surface area contributed by atoms with E-state index >= 15 is 0 Å². The topological polar surface area (TPSA) is 26.3 Å². The number of Topliss-reactive ketones (excluding diaryl/α,β-unsaturated/α-hetero) is 1. The molecule has 0 aliphatic carbocycles. The largest absolute Gasteiger partial charge is 0.381 e. The van der Waals surface area contributed by atoms with Gasteiger partial charge in [-0.2, -0.15) is 0 Å². The third-order valence-corrected chi connectivity index (χ3v) is 2.52. The molecule has 0 aromatic rings. The van der Waals surface area contributed by atoms with E-state index in [2.05, 4.69) is 20.8 Å². The van der Waals surface area contributed by atoms with Crippen LogP contribution in [0, 0.1) is 11.8 Å². The maximum Gasteiger partial charge on any atom is 0.132 e. The molecule has 0 N–H and O–H groups in total. The quantitative estimate of drug-likeness (QED) is 0.563. The van der Waals surface area contributed by atoms with Crippen molar-refractivity contribution in [1.29, 1.82) is 0 Å². The number of hydrogen-bond donors (Lipinski definition) is 0. The summed E-state index contributed by atoms with van der Waals surface area (Å²) in [4.78, 5) is 11.1. The number of ketones is 1. The standard InChI is InChI=1S/C12H24O2/c1-5-12(11(4)13)7-9-14-8-6-10(2)3/h10,12H,5-9H2,1-4H3. The summed E-state index contributed by atoms with van der Waals surface area (Å²) >= 11 is 0. The summed E-state index contributed by atoms with van der Waals surface area (Å²) in [5.41, 5.74) is 0. The zero-order valence-electron chi connectivity index (χ0n) is 10.0. The van der Waals surface area contributed by atoms with Crippen LogP contribution in [0.15, 0.2) is 0 Å². The molecule has 2 nitrogen and oxygen atoms in total. The predicted octanol–water partition coefficient (Wildman–Crippen LogP) is 3.05. The van der Waals surface area contributed by atoms with Gasteiger partial charge in [-0.15, -0.1) is 0 Å². The fraction of sp³-hybridized carbons (Fsp3) is 0.917. The molecule has 2 heteroatoms. The molecular weight excluding hydrogens is 176 g/mol. The number of carbonyl (C=O) groups excluding carboxylic acids is 1. The Kier molecular flexibility index (Phi) is 7.77. The summed E-state index contributed by atoms with van der Waals surface area (Å²) in [6, 6.07) is 0. The van der Waals surface area contributed by atoms with E-state index in [1.165, 1.54) is 0 Å². The Balaban J connectivity index is 3.38. The van der Waals surface area contributed by atoms with E-state index in [-0.39, 0.29) is 5.92 Å². The Bertz CT molecular complexity index is 152. The van der Waals surface area contributed by atoms with Crippen LogP contribution in [-0.4, -0.2) is 19.0 Å². The lowest BCUT2D eigenvalue weighted by Crippen LogP contribution is -2.13. The molecule has 0 radical (unpaired) electrons. The van der Waals surface area contributed by atoms with Crippen LogP contribution in [0.25, 0.3) is 0 Å². The minimum atomic E-state index is 0.203. The highest BCUT2D eigenvalue weighted by molar-refractivity contribution is 5.78. The molecule has 0 heterocycles. The Morgan fingerprint density at radius 3 is 2.21 bits per heavy atom. The van der Waals surface area contributed by atoms with Crippen molar-refractivity contribution in [2.45, 2.75) is 47.0 Å². The van der Waals surface area contributed by atoms with E-state index in [0.717, 1.165) is 32.5 Å². The van der Waals surface area contributed by atoms with Crippen LogP contribution in [0.4, 0.5) is 0 Å². The van der Waals surface area contributed by atoms with Crippen molar-refractivity contribution >= 4 is 5.78 Å². The van der Waals surface area contributed by atoms with Crippen molar-refractivity contribution in [2.75, 3.05) is 13.2 Å². The molecule has 0 aromatic heterocycles. The molecule has 1 atom stereocenters. The van der Waals surface area contributed by atoms with Crippen LogP contribution in [0.5, 0.6) is 0 Å². The first-order chi connectivity index (χ1) is 6.57. The molecule has 0 saturated heterocycles. The van der Waals surface area contributed by atoms with Gasteiger partial charge in [-0.3, -0.25) is 4.79 Å². The zero-order chi connectivity index (χ0) is 11.0. The first kappa shape index (κ1) is 13.6. The van der Waals surface area contributed by atoms with Crippen molar-refractivity contribution in [1.82, 2.24) is 0 Å². The molecule has 0 fully saturated rings. The van der Waals surface area contributed by atoms with E-state index in [0.29, 0.717) is 11.7 Å². The molecule has 0 aliphatic heterocycles. The summed E-state index contributed by atoms with van der Waals surface area (Å²) in [6.07, 6.45) is 2.92. The van der Waals surface area contributed by atoms with E-state index in [1.807, 2.05) is 0 Å². The summed E-state index contributed by atoms with van der Waals surface area (Å²) in [6.45, 7) is 9.65. The minimum absolute atomic E-state index is 0.203. The van der Waals surface area contributed by atoms with Gasteiger partial charge in [-0.1, -0.05) is 20.8 Å².